The van der Waals surface area contributed by atoms with E-state index in [1.54, 1.807) is 27.7 Å². The van der Waals surface area contributed by atoms with Gasteiger partial charge in [0.25, 0.3) is 0 Å². The monoisotopic (exact) mass is 1360 g/mol. The first-order chi connectivity index (χ1) is 47.2. The van der Waals surface area contributed by atoms with Gasteiger partial charge >= 0.3 is 23.9 Å². The Balaban J connectivity index is 2.09. The Bertz CT molecular complexity index is 2870. The summed E-state index contributed by atoms with van der Waals surface area (Å²) in [6, 6.07) is 17.4. The Morgan fingerprint density at radius 3 is 0.745 bits per heavy atom. The van der Waals surface area contributed by atoms with Crippen LogP contribution in [0.25, 0.3) is 0 Å². The van der Waals surface area contributed by atoms with E-state index in [2.05, 4.69) is 103 Å². The molecule has 0 amide bonds. The summed E-state index contributed by atoms with van der Waals surface area (Å²) in [5.41, 5.74) is 11.1. The number of aliphatic hydroxyl groups excluding tert-OH is 4. The average Bonchev–Trinajstić information content (AvgIpc) is 0.776. The zero-order valence-corrected chi connectivity index (χ0v) is 60.5. The van der Waals surface area contributed by atoms with Crippen LogP contribution in [0.4, 0.5) is 0 Å². The van der Waals surface area contributed by atoms with Crippen molar-refractivity contribution >= 4 is 23.9 Å². The Morgan fingerprint density at radius 1 is 0.337 bits per heavy atom. The van der Waals surface area contributed by atoms with Crippen molar-refractivity contribution in [1.82, 2.24) is 0 Å². The number of hydrogen-bond donors (Lipinski definition) is 4. The van der Waals surface area contributed by atoms with Crippen LogP contribution in [-0.2, 0) is 89.5 Å². The van der Waals surface area contributed by atoms with Gasteiger partial charge in [-0.3, -0.25) is 0 Å². The highest BCUT2D eigenvalue weighted by molar-refractivity contribution is 5.88. The predicted octanol–water partition coefficient (Wildman–Crippen LogP) is 14.8. The number of carbonyl (C=O) groups is 4. The van der Waals surface area contributed by atoms with Crippen molar-refractivity contribution in [2.24, 2.45) is 11.8 Å². The molecule has 16 nitrogen and oxygen atoms in total. The lowest BCUT2D eigenvalue weighted by atomic mass is 9.86. The molecule has 16 heteroatoms. The Morgan fingerprint density at radius 2 is 0.551 bits per heavy atom. The topological polar surface area (TPSA) is 223 Å². The van der Waals surface area contributed by atoms with E-state index in [1.165, 1.54) is 0 Å². The number of esters is 4. The van der Waals surface area contributed by atoms with E-state index in [0.29, 0.717) is 23.0 Å². The van der Waals surface area contributed by atoms with Crippen LogP contribution in [0.3, 0.4) is 0 Å². The number of rotatable bonds is 46. The molecule has 4 N–H and O–H groups in total. The molecule has 1 aliphatic carbocycles. The number of aryl methyl sites for hydroxylation is 4. The van der Waals surface area contributed by atoms with Crippen LogP contribution in [0.5, 0.6) is 23.0 Å². The van der Waals surface area contributed by atoms with Crippen LogP contribution in [0.2, 0.25) is 0 Å². The van der Waals surface area contributed by atoms with Crippen LogP contribution in [-0.4, -0.2) is 123 Å². The second kappa shape index (κ2) is 44.0. The summed E-state index contributed by atoms with van der Waals surface area (Å²) in [6.45, 7) is 27.6. The van der Waals surface area contributed by atoms with Crippen molar-refractivity contribution in [2.45, 2.75) is 222 Å². The standard InChI is InChI=1S/C82H116O16/c1-13-17-21-25-29-59-33-65-41-69-37-61(31-27-23-19-15-3)39-71(77(69)97-73(51-93-79(87)55(5)6)52-94-80(88)56(7)8)43-67-35-60(30-26-22-18-14-2)36-68(76(67)92-50-64(47-85)48-86)44-72-40-62(32-28-24-20-16-4)38-70(42-66(34-59)75(65)91-49-63(45-83)46-84)78(72)98-74(53-95-81(89)57(9)10)54-96-82(90)58(11)12/h33-40,63-64,73-74,83-86H,5,7,9,11,13-32,41-54H2,1-4,6,8,10,12H3. The predicted molar refractivity (Wildman–Crippen MR) is 387 cm³/mol. The van der Waals surface area contributed by atoms with Crippen molar-refractivity contribution in [2.75, 3.05) is 66.1 Å². The fraction of sp³-hybridized carbons (Fsp3) is 0.561. The number of unbranched alkanes of at least 4 members (excludes halogenated alkanes) is 12. The molecule has 98 heavy (non-hydrogen) atoms. The van der Waals surface area contributed by atoms with Crippen LogP contribution in [0.1, 0.15) is 225 Å². The largest absolute Gasteiger partial charge is 0.493 e. The quantitative estimate of drug-likeness (QED) is 0.0123. The van der Waals surface area contributed by atoms with Gasteiger partial charge in [-0.05, 0) is 146 Å². The highest BCUT2D eigenvalue weighted by Gasteiger charge is 2.30. The van der Waals surface area contributed by atoms with E-state index in [0.717, 1.165) is 195 Å². The van der Waals surface area contributed by atoms with Crippen molar-refractivity contribution in [3.8, 4) is 23.0 Å². The highest BCUT2D eigenvalue weighted by Crippen LogP contribution is 2.43. The number of aliphatic hydroxyl groups is 4. The van der Waals surface area contributed by atoms with Gasteiger partial charge in [0.2, 0.25) is 0 Å². The molecule has 0 spiro atoms. The molecule has 1 aliphatic rings. The molecule has 0 atom stereocenters. The number of benzene rings is 4. The maximum atomic E-state index is 13.3. The fourth-order valence-corrected chi connectivity index (χ4v) is 11.9. The molecule has 0 fully saturated rings. The van der Waals surface area contributed by atoms with Gasteiger partial charge in [-0.15, -0.1) is 0 Å². The highest BCUT2D eigenvalue weighted by atomic mass is 16.6. The lowest BCUT2D eigenvalue weighted by Crippen LogP contribution is -2.32. The summed E-state index contributed by atoms with van der Waals surface area (Å²) in [5.74, 6) is -1.88. The summed E-state index contributed by atoms with van der Waals surface area (Å²) in [5, 5.41) is 42.7. The van der Waals surface area contributed by atoms with E-state index in [4.69, 9.17) is 37.9 Å². The minimum Gasteiger partial charge on any atom is -0.493 e. The van der Waals surface area contributed by atoms with E-state index >= 15 is 0 Å². The average molecular weight is 1360 g/mol. The third-order valence-electron chi connectivity index (χ3n) is 17.5. The Kier molecular flexibility index (Phi) is 36.6. The van der Waals surface area contributed by atoms with Gasteiger partial charge in [0.05, 0.1) is 39.6 Å². The number of hydrogen-bond acceptors (Lipinski definition) is 16. The van der Waals surface area contributed by atoms with Crippen LogP contribution >= 0.6 is 0 Å². The van der Waals surface area contributed by atoms with Gasteiger partial charge < -0.3 is 58.3 Å². The molecule has 0 aromatic heterocycles. The van der Waals surface area contributed by atoms with Crippen molar-refractivity contribution < 1.29 is 77.5 Å². The number of fused-ring (bicyclic) bond motifs is 8. The molecule has 0 saturated carbocycles. The smallest absolute Gasteiger partial charge is 0.333 e. The van der Waals surface area contributed by atoms with Crippen LogP contribution < -0.4 is 18.9 Å². The second-order valence-electron chi connectivity index (χ2n) is 27.0. The molecular weight excluding hydrogens is 1240 g/mol. The van der Waals surface area contributed by atoms with Gasteiger partial charge in [-0.2, -0.15) is 0 Å². The first-order valence-electron chi connectivity index (χ1n) is 36.1. The van der Waals surface area contributed by atoms with Crippen molar-refractivity contribution in [1.29, 1.82) is 0 Å². The minimum atomic E-state index is -1.05. The zero-order chi connectivity index (χ0) is 71.5. The summed E-state index contributed by atoms with van der Waals surface area (Å²) in [6.07, 6.45) is 17.8. The molecule has 4 aromatic carbocycles. The third-order valence-corrected chi connectivity index (χ3v) is 17.5. The molecule has 0 heterocycles. The molecule has 0 unspecified atom stereocenters. The Hall–Kier alpha value is -7.24. The van der Waals surface area contributed by atoms with Gasteiger partial charge in [0.15, 0.2) is 12.2 Å². The minimum absolute atomic E-state index is 0.0406. The first kappa shape index (κ1) is 81.4. The van der Waals surface area contributed by atoms with Gasteiger partial charge in [-0.1, -0.05) is 180 Å². The number of ether oxygens (including phenoxy) is 8. The lowest BCUT2D eigenvalue weighted by molar-refractivity contribution is -0.148. The fourth-order valence-electron chi connectivity index (χ4n) is 11.9. The van der Waals surface area contributed by atoms with E-state index in [9.17, 15) is 39.6 Å². The molecule has 0 radical (unpaired) electrons. The Labute approximate surface area is 585 Å². The maximum Gasteiger partial charge on any atom is 0.333 e. The summed E-state index contributed by atoms with van der Waals surface area (Å²) in [4.78, 5) is 53.2. The molecule has 8 bridgehead atoms. The molecule has 4 aromatic rings. The molecule has 0 aliphatic heterocycles. The molecular formula is C82H116O16. The lowest BCUT2D eigenvalue weighted by Gasteiger charge is -2.28. The summed E-state index contributed by atoms with van der Waals surface area (Å²) >= 11 is 0. The van der Waals surface area contributed by atoms with Crippen molar-refractivity contribution in [3.63, 3.8) is 0 Å². The van der Waals surface area contributed by atoms with E-state index in [-0.39, 0.29) is 114 Å². The summed E-state index contributed by atoms with van der Waals surface area (Å²) < 4.78 is 52.3. The van der Waals surface area contributed by atoms with Crippen molar-refractivity contribution in [3.05, 3.63) is 164 Å². The number of carbonyl (C=O) groups excluding carboxylic acids is 4. The first-order valence-corrected chi connectivity index (χ1v) is 36.1. The summed E-state index contributed by atoms with van der Waals surface area (Å²) in [7, 11) is 0. The third kappa shape index (κ3) is 27.1. The van der Waals surface area contributed by atoms with E-state index < -0.39 is 47.9 Å². The zero-order valence-electron chi connectivity index (χ0n) is 60.5. The van der Waals surface area contributed by atoms with E-state index in [1.807, 2.05) is 0 Å². The SMILES string of the molecule is C=C(C)C(=O)OCC(COC(=O)C(=C)C)Oc1c2cc(CCCCCC)cc1Cc1cc(CCCCCC)cc(c1OCC(CO)CO)Cc1cc(CCCCCC)cc(c1OC(COC(=O)C(=C)C)COC(=O)C(=C)C)Cc1cc(CCCCCC)cc(c1OCC(CO)CO)C2. The van der Waals surface area contributed by atoms with Gasteiger partial charge in [0.1, 0.15) is 49.4 Å². The van der Waals surface area contributed by atoms with Gasteiger partial charge in [0, 0.05) is 59.8 Å². The molecule has 540 valence electrons. The van der Waals surface area contributed by atoms with Gasteiger partial charge in [-0.25, -0.2) is 19.2 Å². The normalized spacial score (nSPS) is 12.0. The molecule has 5 rings (SSSR count). The maximum absolute atomic E-state index is 13.3. The second-order valence-corrected chi connectivity index (χ2v) is 27.0. The molecule has 0 saturated heterocycles. The van der Waals surface area contributed by atoms with Crippen LogP contribution in [0.15, 0.2) is 97.1 Å². The van der Waals surface area contributed by atoms with Crippen LogP contribution in [0, 0.1) is 11.8 Å².